The van der Waals surface area contributed by atoms with Crippen molar-refractivity contribution in [2.45, 2.75) is 77.4 Å². The number of hydrogen-bond donors (Lipinski definition) is 4. The van der Waals surface area contributed by atoms with Gasteiger partial charge in [0.05, 0.1) is 12.2 Å². The van der Waals surface area contributed by atoms with Crippen molar-refractivity contribution < 1.29 is 24.2 Å². The normalized spacial score (nSPS) is 16.6. The zero-order valence-corrected chi connectivity index (χ0v) is 26.2. The van der Waals surface area contributed by atoms with Crippen LogP contribution in [-0.2, 0) is 38.7 Å². The Morgan fingerprint density at radius 1 is 1.11 bits per heavy atom. The van der Waals surface area contributed by atoms with Gasteiger partial charge in [-0.2, -0.15) is 0 Å². The molecule has 0 bridgehead atoms. The van der Waals surface area contributed by atoms with E-state index in [2.05, 4.69) is 37.6 Å². The molecule has 5 N–H and O–H groups in total. The van der Waals surface area contributed by atoms with Crippen molar-refractivity contribution in [3.63, 3.8) is 0 Å². The molecule has 4 heterocycles. The highest BCUT2D eigenvalue weighted by Gasteiger charge is 2.39. The molecular formula is C33H43N7O5. The largest absolute Gasteiger partial charge is 0.460 e. The molecule has 0 aliphatic carbocycles. The second-order valence-corrected chi connectivity index (χ2v) is 12.5. The quantitative estimate of drug-likeness (QED) is 0.149. The predicted octanol–water partition coefficient (Wildman–Crippen LogP) is 3.50. The van der Waals surface area contributed by atoms with Crippen LogP contribution >= 0.6 is 0 Å². The third-order valence-corrected chi connectivity index (χ3v) is 8.01. The molecule has 12 nitrogen and oxygen atoms in total. The fourth-order valence-electron chi connectivity index (χ4n) is 5.72. The number of carbonyl (C=O) groups excluding carboxylic acids is 2. The summed E-state index contributed by atoms with van der Waals surface area (Å²) in [6.07, 6.45) is 4.04. The molecule has 45 heavy (non-hydrogen) atoms. The van der Waals surface area contributed by atoms with Crippen LogP contribution in [0, 0.1) is 5.92 Å². The van der Waals surface area contributed by atoms with E-state index in [1.165, 1.54) is 11.9 Å². The van der Waals surface area contributed by atoms with Crippen LogP contribution in [0.15, 0.2) is 48.8 Å². The van der Waals surface area contributed by atoms with Crippen LogP contribution in [0.5, 0.6) is 0 Å². The van der Waals surface area contributed by atoms with Gasteiger partial charge >= 0.3 is 11.9 Å². The smallest absolute Gasteiger partial charge is 0.324 e. The third-order valence-electron chi connectivity index (χ3n) is 8.01. The van der Waals surface area contributed by atoms with E-state index in [1.807, 2.05) is 30.3 Å². The van der Waals surface area contributed by atoms with Gasteiger partial charge in [0.2, 0.25) is 0 Å². The van der Waals surface area contributed by atoms with Crippen molar-refractivity contribution in [1.29, 1.82) is 0 Å². The number of aliphatic hydroxyl groups is 1. The first kappa shape index (κ1) is 32.1. The summed E-state index contributed by atoms with van der Waals surface area (Å²) in [5, 5.41) is 16.8. The van der Waals surface area contributed by atoms with Crippen LogP contribution in [0.1, 0.15) is 68.3 Å². The average Bonchev–Trinajstić information content (AvgIpc) is 3.03. The highest BCUT2D eigenvalue weighted by atomic mass is 16.6. The van der Waals surface area contributed by atoms with Crippen molar-refractivity contribution in [2.24, 2.45) is 11.7 Å². The van der Waals surface area contributed by atoms with E-state index in [0.29, 0.717) is 30.4 Å². The van der Waals surface area contributed by atoms with Gasteiger partial charge in [-0.05, 0) is 63.6 Å². The van der Waals surface area contributed by atoms with Gasteiger partial charge in [0.25, 0.3) is 0 Å². The van der Waals surface area contributed by atoms with Crippen LogP contribution < -0.4 is 21.3 Å². The number of esters is 2. The van der Waals surface area contributed by atoms with Crippen LogP contribution in [0.2, 0.25) is 0 Å². The third kappa shape index (κ3) is 8.06. The van der Waals surface area contributed by atoms with Crippen LogP contribution in [0.4, 0.5) is 17.5 Å². The van der Waals surface area contributed by atoms with E-state index < -0.39 is 29.6 Å². The average molecular weight is 618 g/mol. The number of nitrogens with one attached hydrogen (secondary N) is 2. The van der Waals surface area contributed by atoms with Gasteiger partial charge in [0, 0.05) is 31.2 Å². The number of anilines is 3. The maximum Gasteiger partial charge on any atom is 0.324 e. The van der Waals surface area contributed by atoms with Crippen molar-refractivity contribution in [3.8, 4) is 0 Å². The summed E-state index contributed by atoms with van der Waals surface area (Å²) in [5.41, 5.74) is 9.13. The Hall–Kier alpha value is -4.29. The molecule has 2 aliphatic rings. The van der Waals surface area contributed by atoms with Gasteiger partial charge in [-0.15, -0.1) is 0 Å². The summed E-state index contributed by atoms with van der Waals surface area (Å²) in [5.74, 6) is -1.04. The molecule has 2 aromatic heterocycles. The monoisotopic (exact) mass is 617 g/mol. The Labute approximate surface area is 263 Å². The molecule has 0 spiro atoms. The minimum absolute atomic E-state index is 0.0291. The Morgan fingerprint density at radius 3 is 2.58 bits per heavy atom. The SMILES string of the molecule is CC(C)(C)OC(=O)C(C(=O)OCc1ccccc1)C(N)Nc1ncnc(N2CCC(c3ccc4c(n3)NCCC4)CC2)c1CO. The maximum absolute atomic E-state index is 13.2. The maximum atomic E-state index is 13.2. The summed E-state index contributed by atoms with van der Waals surface area (Å²) in [4.78, 5) is 42.2. The van der Waals surface area contributed by atoms with Gasteiger partial charge in [-0.25, -0.2) is 15.0 Å². The highest BCUT2D eigenvalue weighted by Crippen LogP contribution is 2.33. The molecule has 0 amide bonds. The van der Waals surface area contributed by atoms with Gasteiger partial charge < -0.3 is 35.8 Å². The molecule has 1 aromatic carbocycles. The standard InChI is InChI=1S/C33H43N7O5/c1-33(2,3)45-32(43)26(31(42)44-19-21-8-5-4-6-9-21)27(34)39-29-24(18-41)30(37-20-36-29)40-16-13-22(14-17-40)25-12-11-23-10-7-15-35-28(23)38-25/h4-6,8-9,11-12,20,22,26-27,41H,7,10,13-19,34H2,1-3H3,(H,35,38)(H,36,37,39). The van der Waals surface area contributed by atoms with E-state index in [1.54, 1.807) is 20.8 Å². The molecule has 12 heteroatoms. The summed E-state index contributed by atoms with van der Waals surface area (Å²) in [7, 11) is 0. The van der Waals surface area contributed by atoms with E-state index in [4.69, 9.17) is 20.2 Å². The lowest BCUT2D eigenvalue weighted by Gasteiger charge is -2.34. The Kier molecular flexibility index (Phi) is 10.1. The first-order chi connectivity index (χ1) is 21.6. The molecule has 5 rings (SSSR count). The number of piperidine rings is 1. The fraction of sp³-hybridized carbons (Fsp3) is 0.485. The van der Waals surface area contributed by atoms with E-state index >= 15 is 0 Å². The molecular weight excluding hydrogens is 574 g/mol. The van der Waals surface area contributed by atoms with Gasteiger partial charge in [-0.3, -0.25) is 9.59 Å². The molecule has 2 unspecified atom stereocenters. The minimum atomic E-state index is -1.49. The Morgan fingerprint density at radius 2 is 1.87 bits per heavy atom. The second kappa shape index (κ2) is 14.2. The predicted molar refractivity (Wildman–Crippen MR) is 170 cm³/mol. The lowest BCUT2D eigenvalue weighted by molar-refractivity contribution is -0.170. The zero-order valence-electron chi connectivity index (χ0n) is 26.2. The van der Waals surface area contributed by atoms with Crippen molar-refractivity contribution in [3.05, 3.63) is 71.2 Å². The topological polar surface area (TPSA) is 165 Å². The van der Waals surface area contributed by atoms with E-state index in [0.717, 1.165) is 49.3 Å². The number of fused-ring (bicyclic) bond motifs is 1. The minimum Gasteiger partial charge on any atom is -0.460 e. The Balaban J connectivity index is 1.29. The zero-order chi connectivity index (χ0) is 32.0. The molecule has 3 aromatic rings. The fourth-order valence-corrected chi connectivity index (χ4v) is 5.72. The summed E-state index contributed by atoms with van der Waals surface area (Å²) < 4.78 is 11.0. The molecule has 240 valence electrons. The molecule has 2 atom stereocenters. The number of aliphatic hydroxyl groups excluding tert-OH is 1. The molecule has 2 aliphatic heterocycles. The molecule has 1 fully saturated rings. The number of rotatable bonds is 10. The van der Waals surface area contributed by atoms with Gasteiger partial charge in [0.1, 0.15) is 42.2 Å². The van der Waals surface area contributed by atoms with Gasteiger partial charge in [-0.1, -0.05) is 36.4 Å². The summed E-state index contributed by atoms with van der Waals surface area (Å²) >= 11 is 0. The number of carbonyl (C=O) groups is 2. The first-order valence-corrected chi connectivity index (χ1v) is 15.5. The number of ether oxygens (including phenoxy) is 2. The number of nitrogens with zero attached hydrogens (tertiary/aromatic N) is 4. The first-order valence-electron chi connectivity index (χ1n) is 15.5. The van der Waals surface area contributed by atoms with E-state index in [-0.39, 0.29) is 19.0 Å². The number of hydrogen-bond acceptors (Lipinski definition) is 12. The molecule has 0 radical (unpaired) electrons. The highest BCUT2D eigenvalue weighted by molar-refractivity contribution is 5.96. The second-order valence-electron chi connectivity index (χ2n) is 12.5. The number of aryl methyl sites for hydroxylation is 1. The van der Waals surface area contributed by atoms with E-state index in [9.17, 15) is 14.7 Å². The number of benzene rings is 1. The van der Waals surface area contributed by atoms with Gasteiger partial charge in [0.15, 0.2) is 5.92 Å². The van der Waals surface area contributed by atoms with Crippen molar-refractivity contribution in [2.75, 3.05) is 35.2 Å². The van der Waals surface area contributed by atoms with Crippen LogP contribution in [0.25, 0.3) is 0 Å². The lowest BCUT2D eigenvalue weighted by Crippen LogP contribution is -2.49. The molecule has 1 saturated heterocycles. The van der Waals surface area contributed by atoms with Crippen molar-refractivity contribution >= 4 is 29.4 Å². The van der Waals surface area contributed by atoms with Crippen LogP contribution in [-0.4, -0.2) is 63.4 Å². The lowest BCUT2D eigenvalue weighted by atomic mass is 9.92. The number of pyridine rings is 1. The molecule has 0 saturated carbocycles. The van der Waals surface area contributed by atoms with Crippen LogP contribution in [0.3, 0.4) is 0 Å². The summed E-state index contributed by atoms with van der Waals surface area (Å²) in [6, 6.07) is 13.5. The van der Waals surface area contributed by atoms with Crippen molar-refractivity contribution in [1.82, 2.24) is 15.0 Å². The number of aromatic nitrogens is 3. The Bertz CT molecular complexity index is 1470. The summed E-state index contributed by atoms with van der Waals surface area (Å²) in [6.45, 7) is 7.08. The number of nitrogens with two attached hydrogens (primary N) is 1.